The van der Waals surface area contributed by atoms with Crippen molar-refractivity contribution < 1.29 is 8.83 Å². The van der Waals surface area contributed by atoms with Crippen LogP contribution in [0.3, 0.4) is 0 Å². The first-order chi connectivity index (χ1) is 34.5. The van der Waals surface area contributed by atoms with Crippen molar-refractivity contribution in [2.45, 2.75) is 117 Å². The zero-order chi connectivity index (χ0) is 49.4. The van der Waals surface area contributed by atoms with Crippen LogP contribution in [0.2, 0.25) is 0 Å². The van der Waals surface area contributed by atoms with Gasteiger partial charge in [-0.05, 0) is 155 Å². The second kappa shape index (κ2) is 14.7. The van der Waals surface area contributed by atoms with E-state index < -0.39 is 0 Å². The molecule has 4 aliphatic rings. The summed E-state index contributed by atoms with van der Waals surface area (Å²) in [6.45, 7) is 23.8. The Hall–Kier alpha value is -7.18. The number of hydrogen-bond acceptors (Lipinski definition) is 5. The van der Waals surface area contributed by atoms with Crippen LogP contribution in [0.4, 0.5) is 45.5 Å². The summed E-state index contributed by atoms with van der Waals surface area (Å²) < 4.78 is 13.5. The van der Waals surface area contributed by atoms with Crippen molar-refractivity contribution >= 4 is 112 Å². The number of rotatable bonds is 3. The van der Waals surface area contributed by atoms with Gasteiger partial charge in [0.05, 0.1) is 27.7 Å². The fourth-order valence-electron chi connectivity index (χ4n) is 14.2. The summed E-state index contributed by atoms with van der Waals surface area (Å²) >= 11 is 0. The van der Waals surface area contributed by atoms with Crippen LogP contribution in [0.25, 0.3) is 43.9 Å². The first-order valence-corrected chi connectivity index (χ1v) is 26.3. The average molecular weight is 940 g/mol. The number of aryl methyl sites for hydroxylation is 2. The molecule has 72 heavy (non-hydrogen) atoms. The van der Waals surface area contributed by atoms with Gasteiger partial charge in [0.2, 0.25) is 0 Å². The highest BCUT2D eigenvalue weighted by Crippen LogP contribution is 2.63. The molecule has 2 unspecified atom stereocenters. The molecule has 0 saturated heterocycles. The van der Waals surface area contributed by atoms with Crippen molar-refractivity contribution in [2.75, 3.05) is 14.7 Å². The van der Waals surface area contributed by atoms with Crippen molar-refractivity contribution in [3.63, 3.8) is 0 Å². The van der Waals surface area contributed by atoms with Crippen LogP contribution in [-0.2, 0) is 16.2 Å². The van der Waals surface area contributed by atoms with Gasteiger partial charge in [-0.2, -0.15) is 0 Å². The van der Waals surface area contributed by atoms with Gasteiger partial charge in [-0.3, -0.25) is 0 Å². The lowest BCUT2D eigenvalue weighted by Crippen LogP contribution is -2.62. The summed E-state index contributed by atoms with van der Waals surface area (Å²) in [4.78, 5) is 8.05. The van der Waals surface area contributed by atoms with Crippen LogP contribution in [-0.4, -0.2) is 12.3 Å². The predicted molar refractivity (Wildman–Crippen MR) is 305 cm³/mol. The summed E-state index contributed by atoms with van der Waals surface area (Å²) in [5, 5.41) is 4.49. The van der Waals surface area contributed by atoms with Gasteiger partial charge < -0.3 is 23.5 Å². The molecule has 5 heterocycles. The topological polar surface area (TPSA) is 36.0 Å². The molecule has 2 aromatic heterocycles. The van der Waals surface area contributed by atoms with E-state index in [1.807, 2.05) is 0 Å². The molecule has 2 atom stereocenters. The summed E-state index contributed by atoms with van der Waals surface area (Å²) in [5.41, 5.74) is 23.6. The van der Waals surface area contributed by atoms with Gasteiger partial charge in [0.1, 0.15) is 22.3 Å². The van der Waals surface area contributed by atoms with Gasteiger partial charge >= 0.3 is 0 Å². The highest BCUT2D eigenvalue weighted by molar-refractivity contribution is 7.00. The minimum Gasteiger partial charge on any atom is -0.456 e. The van der Waals surface area contributed by atoms with Gasteiger partial charge in [0.25, 0.3) is 6.71 Å². The number of fused-ring (bicyclic) bond motifs is 13. The first kappa shape index (κ1) is 43.6. The zero-order valence-electron chi connectivity index (χ0n) is 43.4. The maximum absolute atomic E-state index is 6.73. The number of nitrogens with zero attached hydrogens (tertiary/aromatic N) is 3. The molecule has 1 aliphatic carbocycles. The van der Waals surface area contributed by atoms with E-state index in [2.05, 4.69) is 230 Å². The van der Waals surface area contributed by atoms with E-state index >= 15 is 0 Å². The second-order valence-corrected chi connectivity index (χ2v) is 24.2. The lowest BCUT2D eigenvalue weighted by Gasteiger charge is -2.51. The fraction of sp³-hybridized carbons (Fsp3) is 0.273. The molecule has 5 nitrogen and oxygen atoms in total. The van der Waals surface area contributed by atoms with Gasteiger partial charge in [-0.25, -0.2) is 0 Å². The first-order valence-electron chi connectivity index (χ1n) is 26.3. The van der Waals surface area contributed by atoms with E-state index in [9.17, 15) is 0 Å². The monoisotopic (exact) mass is 939 g/mol. The van der Waals surface area contributed by atoms with Crippen molar-refractivity contribution in [3.8, 4) is 0 Å². The van der Waals surface area contributed by atoms with Crippen LogP contribution in [0.1, 0.15) is 109 Å². The highest BCUT2D eigenvalue weighted by atomic mass is 16.3. The van der Waals surface area contributed by atoms with Gasteiger partial charge in [-0.1, -0.05) is 140 Å². The predicted octanol–water partition coefficient (Wildman–Crippen LogP) is 16.5. The van der Waals surface area contributed by atoms with Crippen molar-refractivity contribution in [1.29, 1.82) is 0 Å². The third-order valence-corrected chi connectivity index (χ3v) is 17.8. The number of benzene rings is 8. The Morgan fingerprint density at radius 2 is 0.986 bits per heavy atom. The van der Waals surface area contributed by atoms with E-state index in [4.69, 9.17) is 8.83 Å². The molecule has 356 valence electrons. The Morgan fingerprint density at radius 3 is 1.51 bits per heavy atom. The standard InChI is InChI=1S/C66H62BN3O2/c1-39-33-40(2)61-52(34-39)70(66(10)32-16-15-31-65(61,66)9)43-37-53-62-54(38-43)69(51-22-18-26-58-60(51)45-20-12-14-24-56(45)72-58)49-30-28-42(64(6,7)8)36-47(49)67(62)46-35-41(63(3,4)5)27-29-48(46)68(53)50-21-17-25-57-59(50)44-19-11-13-23-55(44)71-57/h11-14,17-30,33-38H,15-16,31-32H2,1-10H3. The van der Waals surface area contributed by atoms with E-state index in [-0.39, 0.29) is 28.5 Å². The molecule has 0 bridgehead atoms. The molecule has 1 saturated carbocycles. The average Bonchev–Trinajstić information content (AvgIpc) is 3.99. The van der Waals surface area contributed by atoms with E-state index in [0.29, 0.717) is 0 Å². The van der Waals surface area contributed by atoms with Crippen LogP contribution >= 0.6 is 0 Å². The van der Waals surface area contributed by atoms with Crippen LogP contribution < -0.4 is 31.1 Å². The molecule has 0 N–H and O–H groups in total. The van der Waals surface area contributed by atoms with Gasteiger partial charge in [0, 0.05) is 50.3 Å². The molecule has 10 aromatic rings. The van der Waals surface area contributed by atoms with Gasteiger partial charge in [-0.15, -0.1) is 0 Å². The molecule has 8 aromatic carbocycles. The summed E-state index contributed by atoms with van der Waals surface area (Å²) in [5.74, 6) is 0. The molecular weight excluding hydrogens is 878 g/mol. The number of anilines is 8. The molecule has 3 aliphatic heterocycles. The lowest BCUT2D eigenvalue weighted by atomic mass is 9.33. The van der Waals surface area contributed by atoms with E-state index in [0.717, 1.165) is 68.1 Å². The minimum atomic E-state index is -0.175. The molecular formula is C66H62BN3O2. The van der Waals surface area contributed by atoms with Crippen molar-refractivity contribution in [2.24, 2.45) is 0 Å². The Kier molecular flexibility index (Phi) is 8.91. The quantitative estimate of drug-likeness (QED) is 0.165. The molecule has 1 fully saturated rings. The fourth-order valence-corrected chi connectivity index (χ4v) is 14.2. The summed E-state index contributed by atoms with van der Waals surface area (Å²) in [6.07, 6.45) is 4.70. The van der Waals surface area contributed by atoms with Gasteiger partial charge in [0.15, 0.2) is 0 Å². The molecule has 0 spiro atoms. The zero-order valence-corrected chi connectivity index (χ0v) is 43.4. The summed E-state index contributed by atoms with van der Waals surface area (Å²) in [6, 6.07) is 55.2. The smallest absolute Gasteiger partial charge is 0.252 e. The SMILES string of the molecule is Cc1cc(C)c2c(c1)N(c1cc3c4c(c1)N(c1cccc5oc6ccccc6c15)c1ccc(C(C)(C)C)cc1B4c1cc(C(C)(C)C)ccc1N3c1cccc3oc4ccccc4c13)C1(C)CCCCC21C. The Bertz CT molecular complexity index is 3750. The minimum absolute atomic E-state index is 0.0398. The highest BCUT2D eigenvalue weighted by Gasteiger charge is 2.59. The van der Waals surface area contributed by atoms with Crippen LogP contribution in [0.15, 0.2) is 154 Å². The van der Waals surface area contributed by atoms with E-state index in [1.165, 1.54) is 91.2 Å². The van der Waals surface area contributed by atoms with Crippen molar-refractivity contribution in [1.82, 2.24) is 0 Å². The maximum Gasteiger partial charge on any atom is 0.252 e. The third kappa shape index (κ3) is 5.84. The maximum atomic E-state index is 6.73. The van der Waals surface area contributed by atoms with E-state index in [1.54, 1.807) is 0 Å². The molecule has 6 heteroatoms. The second-order valence-electron chi connectivity index (χ2n) is 24.2. The normalized spacial score (nSPS) is 19.3. The molecule has 14 rings (SSSR count). The molecule has 0 radical (unpaired) electrons. The summed E-state index contributed by atoms with van der Waals surface area (Å²) in [7, 11) is 0. The van der Waals surface area contributed by atoms with Crippen molar-refractivity contribution in [3.05, 3.63) is 173 Å². The van der Waals surface area contributed by atoms with Crippen LogP contribution in [0, 0.1) is 13.8 Å². The lowest BCUT2D eigenvalue weighted by molar-refractivity contribution is 0.194. The largest absolute Gasteiger partial charge is 0.456 e. The van der Waals surface area contributed by atoms with Crippen LogP contribution in [0.5, 0.6) is 0 Å². The Balaban J connectivity index is 1.17. The Labute approximate surface area is 424 Å². The number of furan rings is 2. The number of hydrogen-bond donors (Lipinski definition) is 0. The molecule has 0 amide bonds. The Morgan fingerprint density at radius 1 is 0.486 bits per heavy atom. The number of para-hydroxylation sites is 2. The third-order valence-electron chi connectivity index (χ3n) is 17.8.